The van der Waals surface area contributed by atoms with E-state index < -0.39 is 0 Å². The average Bonchev–Trinajstić information content (AvgIpc) is 2.41. The molecule has 2 rings (SSSR count). The molecule has 0 aliphatic heterocycles. The van der Waals surface area contributed by atoms with E-state index >= 15 is 0 Å². The Morgan fingerprint density at radius 3 is 2.77 bits per heavy atom. The number of hydrogen-bond acceptors (Lipinski definition) is 3. The van der Waals surface area contributed by atoms with Gasteiger partial charge >= 0.3 is 0 Å². The van der Waals surface area contributed by atoms with Crippen LogP contribution in [0.1, 0.15) is 0 Å². The second kappa shape index (κ2) is 2.58. The van der Waals surface area contributed by atoms with Crippen LogP contribution in [-0.4, -0.2) is 9.67 Å². The summed E-state index contributed by atoms with van der Waals surface area (Å²) in [4.78, 5) is 10.4. The Labute approximate surface area is 74.4 Å². The van der Waals surface area contributed by atoms with Crippen LogP contribution in [0.15, 0.2) is 29.4 Å². The Morgan fingerprint density at radius 2 is 2.08 bits per heavy atom. The molecule has 2 aromatic rings. The standard InChI is InChI=1S/C9H8N2O2/c1-11-7-5-3-2-4-6(7)8(10-13)9(11)12/h2-5,12H,1H3. The van der Waals surface area contributed by atoms with Gasteiger partial charge in [-0.1, -0.05) is 18.2 Å². The van der Waals surface area contributed by atoms with Gasteiger partial charge in [0.25, 0.3) is 0 Å². The predicted molar refractivity (Wildman–Crippen MR) is 50.0 cm³/mol. The number of fused-ring (bicyclic) bond motifs is 1. The number of benzene rings is 1. The maximum atomic E-state index is 10.4. The summed E-state index contributed by atoms with van der Waals surface area (Å²) >= 11 is 0. The van der Waals surface area contributed by atoms with E-state index in [4.69, 9.17) is 0 Å². The van der Waals surface area contributed by atoms with Crippen molar-refractivity contribution in [1.82, 2.24) is 4.57 Å². The summed E-state index contributed by atoms with van der Waals surface area (Å²) in [5, 5.41) is 13.0. The van der Waals surface area contributed by atoms with Crippen LogP contribution in [0.4, 0.5) is 5.69 Å². The molecule has 0 radical (unpaired) electrons. The van der Waals surface area contributed by atoms with Crippen molar-refractivity contribution in [2.75, 3.05) is 0 Å². The van der Waals surface area contributed by atoms with Gasteiger partial charge < -0.3 is 9.67 Å². The van der Waals surface area contributed by atoms with Crippen LogP contribution in [0.25, 0.3) is 10.9 Å². The lowest BCUT2D eigenvalue weighted by Crippen LogP contribution is -1.84. The Balaban J connectivity index is 2.98. The number of para-hydroxylation sites is 1. The molecule has 0 saturated heterocycles. The van der Waals surface area contributed by atoms with E-state index in [-0.39, 0.29) is 11.6 Å². The van der Waals surface area contributed by atoms with Gasteiger partial charge in [0, 0.05) is 12.4 Å². The number of aromatic hydroxyl groups is 1. The summed E-state index contributed by atoms with van der Waals surface area (Å²) in [6.45, 7) is 0. The molecule has 1 aromatic carbocycles. The van der Waals surface area contributed by atoms with Crippen LogP contribution in [-0.2, 0) is 7.05 Å². The molecule has 0 spiro atoms. The SMILES string of the molecule is Cn1c(O)c(N=O)c2ccccc21. The van der Waals surface area contributed by atoms with Crippen LogP contribution < -0.4 is 0 Å². The minimum Gasteiger partial charge on any atom is -0.493 e. The van der Waals surface area contributed by atoms with E-state index in [2.05, 4.69) is 5.18 Å². The van der Waals surface area contributed by atoms with Crippen molar-refractivity contribution in [1.29, 1.82) is 0 Å². The van der Waals surface area contributed by atoms with E-state index in [1.807, 2.05) is 12.1 Å². The zero-order valence-corrected chi connectivity index (χ0v) is 7.06. The summed E-state index contributed by atoms with van der Waals surface area (Å²) in [7, 11) is 1.69. The van der Waals surface area contributed by atoms with Crippen LogP contribution in [0.5, 0.6) is 5.88 Å². The van der Waals surface area contributed by atoms with Crippen molar-refractivity contribution < 1.29 is 5.11 Å². The Hall–Kier alpha value is -1.84. The van der Waals surface area contributed by atoms with Crippen LogP contribution in [0, 0.1) is 4.91 Å². The molecule has 66 valence electrons. The Morgan fingerprint density at radius 1 is 1.38 bits per heavy atom. The van der Waals surface area contributed by atoms with Gasteiger partial charge in [-0.05, 0) is 11.2 Å². The zero-order chi connectivity index (χ0) is 9.42. The first-order valence-electron chi connectivity index (χ1n) is 3.85. The van der Waals surface area contributed by atoms with Gasteiger partial charge in [0.2, 0.25) is 5.88 Å². The van der Waals surface area contributed by atoms with Gasteiger partial charge in [0.05, 0.1) is 5.52 Å². The average molecular weight is 176 g/mol. The van der Waals surface area contributed by atoms with Crippen molar-refractivity contribution in [3.05, 3.63) is 29.2 Å². The van der Waals surface area contributed by atoms with Gasteiger partial charge in [-0.15, -0.1) is 4.91 Å². The highest BCUT2D eigenvalue weighted by Crippen LogP contribution is 2.36. The quantitative estimate of drug-likeness (QED) is 0.677. The first-order chi connectivity index (χ1) is 6.25. The highest BCUT2D eigenvalue weighted by molar-refractivity contribution is 5.94. The Bertz CT molecular complexity index is 474. The molecule has 0 bridgehead atoms. The van der Waals surface area contributed by atoms with E-state index in [0.29, 0.717) is 5.39 Å². The molecule has 4 nitrogen and oxygen atoms in total. The third kappa shape index (κ3) is 0.917. The number of rotatable bonds is 1. The van der Waals surface area contributed by atoms with Gasteiger partial charge in [-0.3, -0.25) is 0 Å². The summed E-state index contributed by atoms with van der Waals surface area (Å²) in [5.41, 5.74) is 0.910. The van der Waals surface area contributed by atoms with Crippen molar-refractivity contribution in [3.63, 3.8) is 0 Å². The monoisotopic (exact) mass is 176 g/mol. The summed E-state index contributed by atoms with van der Waals surface area (Å²) in [6.07, 6.45) is 0. The Kier molecular flexibility index (Phi) is 1.55. The van der Waals surface area contributed by atoms with E-state index in [9.17, 15) is 10.0 Å². The minimum absolute atomic E-state index is 0.0869. The molecule has 0 saturated carbocycles. The van der Waals surface area contributed by atoms with Crippen molar-refractivity contribution in [3.8, 4) is 5.88 Å². The molecule has 0 aliphatic carbocycles. The molecule has 1 aromatic heterocycles. The predicted octanol–water partition coefficient (Wildman–Crippen LogP) is 2.28. The van der Waals surface area contributed by atoms with Gasteiger partial charge in [-0.2, -0.15) is 0 Å². The highest BCUT2D eigenvalue weighted by Gasteiger charge is 2.13. The third-order valence-electron chi connectivity index (χ3n) is 2.14. The van der Waals surface area contributed by atoms with Gasteiger partial charge in [-0.25, -0.2) is 0 Å². The lowest BCUT2D eigenvalue weighted by Gasteiger charge is -1.94. The van der Waals surface area contributed by atoms with Crippen LogP contribution in [0.2, 0.25) is 0 Å². The first-order valence-corrected chi connectivity index (χ1v) is 3.85. The first kappa shape index (κ1) is 7.79. The summed E-state index contributed by atoms with van der Waals surface area (Å²) < 4.78 is 1.53. The molecule has 0 amide bonds. The smallest absolute Gasteiger partial charge is 0.222 e. The third-order valence-corrected chi connectivity index (χ3v) is 2.14. The largest absolute Gasteiger partial charge is 0.493 e. The number of aryl methyl sites for hydroxylation is 1. The number of nitroso groups, excluding NO2 is 1. The minimum atomic E-state index is -0.0869. The topological polar surface area (TPSA) is 54.6 Å². The number of nitrogens with zero attached hydrogens (tertiary/aromatic N) is 2. The highest BCUT2D eigenvalue weighted by atomic mass is 16.3. The van der Waals surface area contributed by atoms with Crippen molar-refractivity contribution in [2.45, 2.75) is 0 Å². The molecule has 4 heteroatoms. The lowest BCUT2D eigenvalue weighted by molar-refractivity contribution is 0.437. The fourth-order valence-electron chi connectivity index (χ4n) is 1.45. The van der Waals surface area contributed by atoms with Crippen LogP contribution >= 0.6 is 0 Å². The summed E-state index contributed by atoms with van der Waals surface area (Å²) in [6, 6.07) is 7.22. The molecule has 1 N–H and O–H groups in total. The molecule has 0 atom stereocenters. The molecule has 1 heterocycles. The molecule has 0 fully saturated rings. The molecule has 0 unspecified atom stereocenters. The lowest BCUT2D eigenvalue weighted by atomic mass is 10.2. The maximum absolute atomic E-state index is 10.4. The van der Waals surface area contributed by atoms with Crippen molar-refractivity contribution in [2.24, 2.45) is 12.2 Å². The molecular formula is C9H8N2O2. The fraction of sp³-hybridized carbons (Fsp3) is 0.111. The summed E-state index contributed by atoms with van der Waals surface area (Å²) in [5.74, 6) is -0.0869. The molecule has 13 heavy (non-hydrogen) atoms. The van der Waals surface area contributed by atoms with Crippen LogP contribution in [0.3, 0.4) is 0 Å². The molecular weight excluding hydrogens is 168 g/mol. The number of hydrogen-bond donors (Lipinski definition) is 1. The van der Waals surface area contributed by atoms with Gasteiger partial charge in [0.1, 0.15) is 0 Å². The maximum Gasteiger partial charge on any atom is 0.222 e. The van der Waals surface area contributed by atoms with Gasteiger partial charge in [0.15, 0.2) is 5.69 Å². The second-order valence-corrected chi connectivity index (χ2v) is 2.84. The van der Waals surface area contributed by atoms with Crippen molar-refractivity contribution >= 4 is 16.6 Å². The zero-order valence-electron chi connectivity index (χ0n) is 7.06. The second-order valence-electron chi connectivity index (χ2n) is 2.84. The van der Waals surface area contributed by atoms with E-state index in [0.717, 1.165) is 5.52 Å². The fourth-order valence-corrected chi connectivity index (χ4v) is 1.45. The van der Waals surface area contributed by atoms with E-state index in [1.54, 1.807) is 19.2 Å². The normalized spacial score (nSPS) is 10.5. The van der Waals surface area contributed by atoms with E-state index in [1.165, 1.54) is 4.57 Å². The molecule has 0 aliphatic rings. The number of aromatic nitrogens is 1.